The molecular weight excluding hydrogens is 477 g/mol. The molecule has 1 saturated heterocycles. The highest BCUT2D eigenvalue weighted by Crippen LogP contribution is 2.39. The topological polar surface area (TPSA) is 241 Å². The molecule has 17 heteroatoms. The highest BCUT2D eigenvalue weighted by atomic mass is 31.2. The molecule has 3 heterocycles. The van der Waals surface area contributed by atoms with E-state index in [1.807, 2.05) is 0 Å². The fourth-order valence-corrected chi connectivity index (χ4v) is 3.82. The highest BCUT2D eigenvalue weighted by molar-refractivity contribution is 7.46. The van der Waals surface area contributed by atoms with Gasteiger partial charge in [-0.3, -0.25) is 19.2 Å². The van der Waals surface area contributed by atoms with Crippen molar-refractivity contribution < 1.29 is 38.7 Å². The van der Waals surface area contributed by atoms with Gasteiger partial charge in [0.25, 0.3) is 5.69 Å². The number of aliphatic hydroxyl groups is 2. The van der Waals surface area contributed by atoms with Gasteiger partial charge < -0.3 is 35.8 Å². The lowest BCUT2D eigenvalue weighted by atomic mass is 10.1. The van der Waals surface area contributed by atoms with Crippen molar-refractivity contribution in [3.05, 3.63) is 46.5 Å². The number of nitrogens with one attached hydrogen (secondary N) is 1. The first-order valence-corrected chi connectivity index (χ1v) is 11.2. The van der Waals surface area contributed by atoms with E-state index in [2.05, 4.69) is 24.8 Å². The first-order chi connectivity index (χ1) is 16.0. The Morgan fingerprint density at radius 1 is 1.26 bits per heavy atom. The lowest BCUT2D eigenvalue weighted by Gasteiger charge is -2.16. The van der Waals surface area contributed by atoms with Crippen molar-refractivity contribution in [2.75, 3.05) is 17.7 Å². The van der Waals surface area contributed by atoms with Gasteiger partial charge in [0.05, 0.1) is 17.9 Å². The number of nitro benzene ring substituents is 1. The Kier molecular flexibility index (Phi) is 6.46. The largest absolute Gasteiger partial charge is 0.469 e. The number of fused-ring (bicyclic) bond motifs is 1. The number of nitro groups is 1. The van der Waals surface area contributed by atoms with Crippen molar-refractivity contribution >= 4 is 36.2 Å². The highest BCUT2D eigenvalue weighted by Gasteiger charge is 2.45. The van der Waals surface area contributed by atoms with Crippen LogP contribution in [0.4, 0.5) is 17.2 Å². The molecule has 2 aromatic heterocycles. The third kappa shape index (κ3) is 4.83. The summed E-state index contributed by atoms with van der Waals surface area (Å²) in [6.07, 6.45) is -2.83. The van der Waals surface area contributed by atoms with E-state index in [0.717, 1.165) is 0 Å². The second kappa shape index (κ2) is 9.19. The Balaban J connectivity index is 1.54. The van der Waals surface area contributed by atoms with E-state index >= 15 is 0 Å². The number of aromatic nitrogens is 4. The summed E-state index contributed by atoms with van der Waals surface area (Å²) in [5.74, 6) is 0.289. The second-order valence-corrected chi connectivity index (χ2v) is 8.62. The van der Waals surface area contributed by atoms with Gasteiger partial charge in [0, 0.05) is 12.6 Å². The van der Waals surface area contributed by atoms with Gasteiger partial charge in [0.2, 0.25) is 0 Å². The molecule has 1 aromatic carbocycles. The minimum Gasteiger partial charge on any atom is -0.393 e. The number of hydrogen-bond donors (Lipinski definition) is 6. The molecule has 0 unspecified atom stereocenters. The number of ether oxygens (including phenoxy) is 1. The number of nitrogens with zero attached hydrogens (tertiary/aromatic N) is 5. The van der Waals surface area contributed by atoms with Crippen LogP contribution in [-0.4, -0.2) is 69.4 Å². The molecule has 4 rings (SSSR count). The molecule has 0 radical (unpaired) electrons. The van der Waals surface area contributed by atoms with Crippen molar-refractivity contribution in [3.63, 3.8) is 0 Å². The lowest BCUT2D eigenvalue weighted by molar-refractivity contribution is -0.383. The average Bonchev–Trinajstić information content (AvgIpc) is 3.32. The predicted octanol–water partition coefficient (Wildman–Crippen LogP) is -0.343. The maximum atomic E-state index is 11.1. The van der Waals surface area contributed by atoms with Crippen LogP contribution in [0.3, 0.4) is 0 Å². The van der Waals surface area contributed by atoms with Crippen molar-refractivity contribution in [3.8, 4) is 0 Å². The summed E-state index contributed by atoms with van der Waals surface area (Å²) in [5.41, 5.74) is 6.51. The number of benzene rings is 1. The quantitative estimate of drug-likeness (QED) is 0.101. The van der Waals surface area contributed by atoms with Gasteiger partial charge in [0.15, 0.2) is 23.2 Å². The first-order valence-electron chi connectivity index (χ1n) is 9.71. The van der Waals surface area contributed by atoms with Crippen LogP contribution < -0.4 is 11.1 Å². The van der Waals surface area contributed by atoms with Crippen LogP contribution in [0.5, 0.6) is 0 Å². The Morgan fingerprint density at radius 2 is 2.03 bits per heavy atom. The van der Waals surface area contributed by atoms with Gasteiger partial charge >= 0.3 is 7.82 Å². The number of rotatable bonds is 8. The Hall–Kier alpha value is -3.24. The van der Waals surface area contributed by atoms with Crippen LogP contribution in [0.15, 0.2) is 30.9 Å². The molecule has 0 aliphatic carbocycles. The number of phosphoric acid groups is 1. The molecule has 1 aliphatic rings. The van der Waals surface area contributed by atoms with E-state index in [4.69, 9.17) is 20.3 Å². The summed E-state index contributed by atoms with van der Waals surface area (Å²) >= 11 is 0. The van der Waals surface area contributed by atoms with E-state index in [0.29, 0.717) is 5.56 Å². The zero-order chi connectivity index (χ0) is 24.6. The van der Waals surface area contributed by atoms with Crippen molar-refractivity contribution in [1.29, 1.82) is 0 Å². The summed E-state index contributed by atoms with van der Waals surface area (Å²) < 4.78 is 22.2. The van der Waals surface area contributed by atoms with Crippen LogP contribution in [0, 0.1) is 10.1 Å². The molecule has 34 heavy (non-hydrogen) atoms. The summed E-state index contributed by atoms with van der Waals surface area (Å²) in [5, 5.41) is 34.7. The van der Waals surface area contributed by atoms with Gasteiger partial charge in [-0.2, -0.15) is 0 Å². The van der Waals surface area contributed by atoms with Crippen molar-refractivity contribution in [2.24, 2.45) is 0 Å². The zero-order valence-corrected chi connectivity index (χ0v) is 18.1. The Labute approximate surface area is 190 Å². The summed E-state index contributed by atoms with van der Waals surface area (Å²) in [6.45, 7) is -0.496. The van der Waals surface area contributed by atoms with Gasteiger partial charge in [0.1, 0.15) is 30.3 Å². The van der Waals surface area contributed by atoms with E-state index in [1.54, 1.807) is 6.07 Å². The number of phosphoric ester groups is 1. The second-order valence-electron chi connectivity index (χ2n) is 7.38. The van der Waals surface area contributed by atoms with Crippen LogP contribution >= 0.6 is 7.82 Å². The SMILES string of the molecule is Nc1ccc(CNc2ncnc3c2ncn3[C@@H]2O[C@H](COP(=O)(O)O)[C@@H](O)[C@H]2O)cc1[N+](=O)[O-]. The standard InChI is InChI=1S/C17H20N7O9P/c18-9-2-1-8(3-10(9)24(27)28)4-19-15-12-16(21-6-20-15)23(7-22-12)17-14(26)13(25)11(33-17)5-32-34(29,30)31/h1-3,6-7,11,13-14,17,25-26H,4-5,18H2,(H,19,20,21)(H2,29,30,31)/t11-,13-,14-,17-/m1/s1. The maximum absolute atomic E-state index is 11.1. The van der Waals surface area contributed by atoms with E-state index in [1.165, 1.54) is 29.4 Å². The van der Waals surface area contributed by atoms with E-state index in [9.17, 15) is 24.9 Å². The van der Waals surface area contributed by atoms with Gasteiger partial charge in [-0.15, -0.1) is 0 Å². The first kappa shape index (κ1) is 23.9. The number of hydrogen-bond acceptors (Lipinski definition) is 12. The predicted molar refractivity (Wildman–Crippen MR) is 114 cm³/mol. The fraction of sp³-hybridized carbons (Fsp3) is 0.353. The normalized spacial score (nSPS) is 22.8. The van der Waals surface area contributed by atoms with Gasteiger partial charge in [-0.25, -0.2) is 19.5 Å². The van der Waals surface area contributed by atoms with E-state index in [-0.39, 0.29) is 34.9 Å². The maximum Gasteiger partial charge on any atom is 0.469 e. The Morgan fingerprint density at radius 3 is 2.74 bits per heavy atom. The molecule has 0 spiro atoms. The number of aliphatic hydroxyl groups excluding tert-OH is 2. The minimum atomic E-state index is -4.80. The number of nitrogens with two attached hydrogens (primary N) is 1. The van der Waals surface area contributed by atoms with Crippen molar-refractivity contribution in [1.82, 2.24) is 19.5 Å². The van der Waals surface area contributed by atoms with E-state index < -0.39 is 43.9 Å². The summed E-state index contributed by atoms with van der Waals surface area (Å²) in [7, 11) is -4.80. The van der Waals surface area contributed by atoms with Crippen LogP contribution in [0.1, 0.15) is 11.8 Å². The molecule has 0 bridgehead atoms. The minimum absolute atomic E-state index is 0.0405. The average molecular weight is 497 g/mol. The summed E-state index contributed by atoms with van der Waals surface area (Å²) in [6, 6.07) is 4.38. The molecule has 0 saturated carbocycles. The van der Waals surface area contributed by atoms with Gasteiger partial charge in [-0.05, 0) is 11.6 Å². The van der Waals surface area contributed by atoms with Crippen LogP contribution in [0.2, 0.25) is 0 Å². The van der Waals surface area contributed by atoms with Crippen LogP contribution in [0.25, 0.3) is 11.2 Å². The lowest BCUT2D eigenvalue weighted by Crippen LogP contribution is -2.33. The molecule has 1 fully saturated rings. The molecule has 182 valence electrons. The third-order valence-electron chi connectivity index (χ3n) is 5.13. The molecule has 1 aliphatic heterocycles. The zero-order valence-electron chi connectivity index (χ0n) is 17.2. The molecule has 4 atom stereocenters. The van der Waals surface area contributed by atoms with Gasteiger partial charge in [-0.1, -0.05) is 6.07 Å². The van der Waals surface area contributed by atoms with Crippen molar-refractivity contribution in [2.45, 2.75) is 31.1 Å². The monoisotopic (exact) mass is 497 g/mol. The van der Waals surface area contributed by atoms with Crippen LogP contribution in [-0.2, 0) is 20.4 Å². The molecule has 7 N–H and O–H groups in total. The number of anilines is 2. The third-order valence-corrected chi connectivity index (χ3v) is 5.61. The molecule has 3 aromatic rings. The smallest absolute Gasteiger partial charge is 0.393 e. The molecule has 16 nitrogen and oxygen atoms in total. The molecular formula is C17H20N7O9P. The molecule has 0 amide bonds. The number of imidazole rings is 1. The number of nitrogen functional groups attached to an aromatic ring is 1. The fourth-order valence-electron chi connectivity index (χ4n) is 3.48. The Bertz CT molecular complexity index is 1270. The summed E-state index contributed by atoms with van der Waals surface area (Å²) in [4.78, 5) is 40.7.